The molecule has 0 aromatic heterocycles. The molecule has 7 heteroatoms. The average Bonchev–Trinajstić information content (AvgIpc) is 2.62. The molecule has 0 bridgehead atoms. The average molecular weight is 380 g/mol. The van der Waals surface area contributed by atoms with E-state index in [1.54, 1.807) is 0 Å². The second-order valence-electron chi connectivity index (χ2n) is 6.61. The maximum absolute atomic E-state index is 13.7. The number of nitrogens with zero attached hydrogens (tertiary/aromatic N) is 1. The van der Waals surface area contributed by atoms with Gasteiger partial charge in [-0.2, -0.15) is 0 Å². The molecule has 0 spiro atoms. The van der Waals surface area contributed by atoms with Crippen LogP contribution in [0, 0.1) is 17.6 Å². The zero-order valence-corrected chi connectivity index (χ0v) is 15.2. The first-order valence-corrected chi connectivity index (χ1v) is 10.1. The normalized spacial score (nSPS) is 16.7. The van der Waals surface area contributed by atoms with Crippen LogP contribution in [0.2, 0.25) is 0 Å². The SMILES string of the molecule is O=S(=O)(NCC1CCN(Cc2ccccc2)CC1)c1c(F)cccc1F. The Bertz CT molecular complexity index is 816. The van der Waals surface area contributed by atoms with Crippen LogP contribution in [0.4, 0.5) is 8.78 Å². The summed E-state index contributed by atoms with van der Waals surface area (Å²) in [6, 6.07) is 13.2. The van der Waals surface area contributed by atoms with E-state index in [0.717, 1.165) is 50.7 Å². The molecule has 2 aromatic carbocycles. The van der Waals surface area contributed by atoms with Crippen LogP contribution in [0.15, 0.2) is 53.4 Å². The zero-order valence-electron chi connectivity index (χ0n) is 14.4. The summed E-state index contributed by atoms with van der Waals surface area (Å²) in [6.45, 7) is 2.81. The van der Waals surface area contributed by atoms with Gasteiger partial charge in [0.1, 0.15) is 11.6 Å². The number of nitrogens with one attached hydrogen (secondary N) is 1. The lowest BCUT2D eigenvalue weighted by Crippen LogP contribution is -2.38. The topological polar surface area (TPSA) is 49.4 Å². The summed E-state index contributed by atoms with van der Waals surface area (Å²) >= 11 is 0. The largest absolute Gasteiger partial charge is 0.299 e. The molecule has 2 aromatic rings. The van der Waals surface area contributed by atoms with Crippen molar-refractivity contribution in [2.24, 2.45) is 5.92 Å². The molecule has 1 aliphatic heterocycles. The predicted molar refractivity (Wildman–Crippen MR) is 96.0 cm³/mol. The molecule has 1 aliphatic rings. The first-order chi connectivity index (χ1) is 12.5. The van der Waals surface area contributed by atoms with Gasteiger partial charge in [-0.25, -0.2) is 21.9 Å². The summed E-state index contributed by atoms with van der Waals surface area (Å²) in [7, 11) is -4.20. The van der Waals surface area contributed by atoms with Gasteiger partial charge in [0.15, 0.2) is 4.90 Å². The Morgan fingerprint density at radius 3 is 2.19 bits per heavy atom. The highest BCUT2D eigenvalue weighted by molar-refractivity contribution is 7.89. The highest BCUT2D eigenvalue weighted by Gasteiger charge is 2.26. The van der Waals surface area contributed by atoms with Crippen LogP contribution >= 0.6 is 0 Å². The van der Waals surface area contributed by atoms with Gasteiger partial charge in [-0.1, -0.05) is 36.4 Å². The van der Waals surface area contributed by atoms with Gasteiger partial charge >= 0.3 is 0 Å². The molecule has 3 rings (SSSR count). The molecular weight excluding hydrogens is 358 g/mol. The molecule has 4 nitrogen and oxygen atoms in total. The summed E-state index contributed by atoms with van der Waals surface area (Å²) in [5.74, 6) is -1.99. The molecular formula is C19H22F2N2O2S. The number of hydrogen-bond donors (Lipinski definition) is 1. The lowest BCUT2D eigenvalue weighted by atomic mass is 9.97. The van der Waals surface area contributed by atoms with Gasteiger partial charge in [0.2, 0.25) is 10.0 Å². The fraction of sp³-hybridized carbons (Fsp3) is 0.368. The summed E-state index contributed by atoms with van der Waals surface area (Å²) in [4.78, 5) is 1.43. The van der Waals surface area contributed by atoms with Crippen molar-refractivity contribution < 1.29 is 17.2 Å². The summed E-state index contributed by atoms with van der Waals surface area (Å²) in [5.41, 5.74) is 1.25. The summed E-state index contributed by atoms with van der Waals surface area (Å²) in [5, 5.41) is 0. The first-order valence-electron chi connectivity index (χ1n) is 8.65. The maximum Gasteiger partial charge on any atom is 0.246 e. The van der Waals surface area contributed by atoms with Gasteiger partial charge in [0.05, 0.1) is 0 Å². The molecule has 0 unspecified atom stereocenters. The standard InChI is InChI=1S/C19H22F2N2O2S/c20-17-7-4-8-18(21)19(17)26(24,25)22-13-15-9-11-23(12-10-15)14-16-5-2-1-3-6-16/h1-8,15,22H,9-14H2. The second-order valence-corrected chi connectivity index (χ2v) is 8.31. The second kappa shape index (κ2) is 8.24. The number of sulfonamides is 1. The third kappa shape index (κ3) is 4.66. The predicted octanol–water partition coefficient (Wildman–Crippen LogP) is 3.16. The van der Waals surface area contributed by atoms with E-state index in [-0.39, 0.29) is 12.5 Å². The molecule has 1 fully saturated rings. The first kappa shape index (κ1) is 18.9. The summed E-state index contributed by atoms with van der Waals surface area (Å²) < 4.78 is 54.2. The molecule has 140 valence electrons. The van der Waals surface area contributed by atoms with Crippen LogP contribution in [0.25, 0.3) is 0 Å². The number of piperidine rings is 1. The van der Waals surface area contributed by atoms with E-state index >= 15 is 0 Å². The van der Waals surface area contributed by atoms with Crippen molar-refractivity contribution in [1.29, 1.82) is 0 Å². The quantitative estimate of drug-likeness (QED) is 0.838. The zero-order chi connectivity index (χ0) is 18.6. The lowest BCUT2D eigenvalue weighted by Gasteiger charge is -2.32. The van der Waals surface area contributed by atoms with Crippen molar-refractivity contribution >= 4 is 10.0 Å². The fourth-order valence-electron chi connectivity index (χ4n) is 3.23. The van der Waals surface area contributed by atoms with Crippen LogP contribution in [-0.2, 0) is 16.6 Å². The third-order valence-electron chi connectivity index (χ3n) is 4.71. The van der Waals surface area contributed by atoms with Crippen molar-refractivity contribution in [3.05, 3.63) is 65.7 Å². The molecule has 26 heavy (non-hydrogen) atoms. The minimum atomic E-state index is -4.20. The van der Waals surface area contributed by atoms with Crippen LogP contribution < -0.4 is 4.72 Å². The van der Waals surface area contributed by atoms with E-state index in [2.05, 4.69) is 21.8 Å². The maximum atomic E-state index is 13.7. The Morgan fingerprint density at radius 2 is 1.58 bits per heavy atom. The molecule has 0 atom stereocenters. The highest BCUT2D eigenvalue weighted by Crippen LogP contribution is 2.21. The van der Waals surface area contributed by atoms with Gasteiger partial charge in [0.25, 0.3) is 0 Å². The Balaban J connectivity index is 1.52. The van der Waals surface area contributed by atoms with Crippen LogP contribution in [0.1, 0.15) is 18.4 Å². The number of benzene rings is 2. The monoisotopic (exact) mass is 380 g/mol. The van der Waals surface area contributed by atoms with E-state index in [4.69, 9.17) is 0 Å². The Hall–Kier alpha value is -1.83. The van der Waals surface area contributed by atoms with Gasteiger partial charge in [-0.15, -0.1) is 0 Å². The Kier molecular flexibility index (Phi) is 6.01. The van der Waals surface area contributed by atoms with E-state index in [9.17, 15) is 17.2 Å². The van der Waals surface area contributed by atoms with Crippen molar-refractivity contribution in [2.45, 2.75) is 24.3 Å². The smallest absolute Gasteiger partial charge is 0.246 e. The van der Waals surface area contributed by atoms with E-state index in [1.165, 1.54) is 5.56 Å². The molecule has 0 saturated carbocycles. The van der Waals surface area contributed by atoms with Crippen molar-refractivity contribution in [2.75, 3.05) is 19.6 Å². The van der Waals surface area contributed by atoms with Crippen molar-refractivity contribution in [3.63, 3.8) is 0 Å². The van der Waals surface area contributed by atoms with Crippen LogP contribution in [0.3, 0.4) is 0 Å². The van der Waals surface area contributed by atoms with Gasteiger partial charge < -0.3 is 0 Å². The van der Waals surface area contributed by atoms with Gasteiger partial charge in [-0.3, -0.25) is 4.90 Å². The lowest BCUT2D eigenvalue weighted by molar-refractivity contribution is 0.178. The Labute approximate surface area is 152 Å². The fourth-order valence-corrected chi connectivity index (χ4v) is 4.48. The van der Waals surface area contributed by atoms with Crippen molar-refractivity contribution in [3.8, 4) is 0 Å². The highest BCUT2D eigenvalue weighted by atomic mass is 32.2. The van der Waals surface area contributed by atoms with Gasteiger partial charge in [0, 0.05) is 13.1 Å². The molecule has 1 heterocycles. The third-order valence-corrected chi connectivity index (χ3v) is 6.18. The van der Waals surface area contributed by atoms with E-state index < -0.39 is 26.6 Å². The van der Waals surface area contributed by atoms with E-state index in [1.807, 2.05) is 18.2 Å². The molecule has 1 N–H and O–H groups in total. The van der Waals surface area contributed by atoms with Gasteiger partial charge in [-0.05, 0) is 49.5 Å². The Morgan fingerprint density at radius 1 is 0.962 bits per heavy atom. The minimum Gasteiger partial charge on any atom is -0.299 e. The number of hydrogen-bond acceptors (Lipinski definition) is 3. The minimum absolute atomic E-state index is 0.159. The molecule has 0 aliphatic carbocycles. The molecule has 1 saturated heterocycles. The number of rotatable bonds is 6. The number of halogens is 2. The van der Waals surface area contributed by atoms with Crippen molar-refractivity contribution in [1.82, 2.24) is 9.62 Å². The summed E-state index contributed by atoms with van der Waals surface area (Å²) in [6.07, 6.45) is 1.68. The van der Waals surface area contributed by atoms with Crippen LogP contribution in [-0.4, -0.2) is 33.0 Å². The molecule has 0 amide bonds. The van der Waals surface area contributed by atoms with E-state index in [0.29, 0.717) is 0 Å². The number of likely N-dealkylation sites (tertiary alicyclic amines) is 1. The molecule has 0 radical (unpaired) electrons. The van der Waals surface area contributed by atoms with Crippen LogP contribution in [0.5, 0.6) is 0 Å².